The fourth-order valence-electron chi connectivity index (χ4n) is 2.87. The largest absolute Gasteiger partial charge is 0.348 e. The van der Waals surface area contributed by atoms with E-state index in [0.29, 0.717) is 11.7 Å². The molecule has 1 heterocycles. The van der Waals surface area contributed by atoms with E-state index in [1.807, 2.05) is 30.3 Å². The molecule has 5 heteroatoms. The minimum atomic E-state index is -0.0598. The predicted molar refractivity (Wildman–Crippen MR) is 90.6 cm³/mol. The Morgan fingerprint density at radius 1 is 1.23 bits per heavy atom. The van der Waals surface area contributed by atoms with Gasteiger partial charge in [0.25, 0.3) is 5.91 Å². The van der Waals surface area contributed by atoms with Crippen molar-refractivity contribution in [3.05, 3.63) is 40.5 Å². The van der Waals surface area contributed by atoms with Gasteiger partial charge >= 0.3 is 0 Å². The van der Waals surface area contributed by atoms with Gasteiger partial charge in [-0.05, 0) is 49.8 Å². The Morgan fingerprint density at radius 2 is 1.91 bits per heavy atom. The molecule has 1 saturated carbocycles. The van der Waals surface area contributed by atoms with E-state index in [1.54, 1.807) is 0 Å². The predicted octanol–water partition coefficient (Wildman–Crippen LogP) is 4.15. The number of carbonyl (C=O) groups excluding carboxylic acids is 1. The van der Waals surface area contributed by atoms with E-state index < -0.39 is 0 Å². The molecule has 0 unspecified atom stereocenters. The van der Waals surface area contributed by atoms with Crippen molar-refractivity contribution in [1.29, 1.82) is 0 Å². The quantitative estimate of drug-likeness (QED) is 0.862. The van der Waals surface area contributed by atoms with Crippen LogP contribution in [0.4, 0.5) is 0 Å². The Hall–Kier alpha value is -1.62. The highest BCUT2D eigenvalue weighted by molar-refractivity contribution is 9.10. The summed E-state index contributed by atoms with van der Waals surface area (Å²) < 4.78 is 1.02. The highest BCUT2D eigenvalue weighted by atomic mass is 79.9. The van der Waals surface area contributed by atoms with Gasteiger partial charge in [-0.2, -0.15) is 5.10 Å². The van der Waals surface area contributed by atoms with Gasteiger partial charge < -0.3 is 5.32 Å². The molecule has 116 valence electrons. The number of aromatic amines is 1. The first-order valence-electron chi connectivity index (χ1n) is 7.74. The molecule has 1 aliphatic carbocycles. The van der Waals surface area contributed by atoms with E-state index in [1.165, 1.54) is 12.8 Å². The van der Waals surface area contributed by atoms with E-state index in [9.17, 15) is 4.79 Å². The molecule has 0 aliphatic heterocycles. The maximum Gasteiger partial charge on any atom is 0.269 e. The zero-order chi connectivity index (χ0) is 15.5. The van der Waals surface area contributed by atoms with E-state index in [4.69, 9.17) is 0 Å². The molecule has 0 atom stereocenters. The molecule has 1 fully saturated rings. The van der Waals surface area contributed by atoms with Crippen LogP contribution in [0.15, 0.2) is 34.8 Å². The number of amides is 1. The van der Waals surface area contributed by atoms with E-state index in [2.05, 4.69) is 38.4 Å². The summed E-state index contributed by atoms with van der Waals surface area (Å²) in [6.07, 6.45) is 4.53. The number of nitrogens with one attached hydrogen (secondary N) is 2. The zero-order valence-corrected chi connectivity index (χ0v) is 14.2. The van der Waals surface area contributed by atoms with Crippen LogP contribution >= 0.6 is 15.9 Å². The highest BCUT2D eigenvalue weighted by Gasteiger charge is 2.21. The van der Waals surface area contributed by atoms with Crippen molar-refractivity contribution in [3.8, 4) is 11.3 Å². The van der Waals surface area contributed by atoms with Crippen molar-refractivity contribution in [1.82, 2.24) is 15.5 Å². The number of hydrogen-bond acceptors (Lipinski definition) is 2. The first kappa shape index (κ1) is 15.3. The van der Waals surface area contributed by atoms with Crippen molar-refractivity contribution in [3.63, 3.8) is 0 Å². The Labute approximate surface area is 138 Å². The van der Waals surface area contributed by atoms with Gasteiger partial charge in [-0.3, -0.25) is 9.89 Å². The van der Waals surface area contributed by atoms with Gasteiger partial charge in [0, 0.05) is 16.1 Å². The lowest BCUT2D eigenvalue weighted by molar-refractivity contribution is 0.0918. The Balaban J connectivity index is 1.65. The number of H-pyrrole nitrogens is 1. The number of carbonyl (C=O) groups is 1. The van der Waals surface area contributed by atoms with Crippen LogP contribution in [0.25, 0.3) is 11.3 Å². The molecule has 0 spiro atoms. The molecule has 22 heavy (non-hydrogen) atoms. The summed E-state index contributed by atoms with van der Waals surface area (Å²) in [7, 11) is 0. The van der Waals surface area contributed by atoms with Crippen molar-refractivity contribution in [2.45, 2.75) is 38.6 Å². The standard InChI is InChI=1S/C17H20BrN3O/c1-11-2-8-14(9-3-11)19-17(22)16-10-15(20-21-16)12-4-6-13(18)7-5-12/h4-7,10-11,14H,2-3,8-9H2,1H3,(H,19,22)(H,20,21). The summed E-state index contributed by atoms with van der Waals surface area (Å²) in [4.78, 5) is 12.3. The van der Waals surface area contributed by atoms with Crippen LogP contribution in [0.1, 0.15) is 43.1 Å². The van der Waals surface area contributed by atoms with Crippen LogP contribution in [0.3, 0.4) is 0 Å². The highest BCUT2D eigenvalue weighted by Crippen LogP contribution is 2.24. The summed E-state index contributed by atoms with van der Waals surface area (Å²) in [6, 6.07) is 9.99. The maximum atomic E-state index is 12.3. The molecule has 2 N–H and O–H groups in total. The van der Waals surface area contributed by atoms with E-state index >= 15 is 0 Å². The molecule has 4 nitrogen and oxygen atoms in total. The Bertz CT molecular complexity index is 642. The van der Waals surface area contributed by atoms with Crippen LogP contribution in [-0.2, 0) is 0 Å². The zero-order valence-electron chi connectivity index (χ0n) is 12.6. The van der Waals surface area contributed by atoms with Gasteiger partial charge in [0.2, 0.25) is 0 Å². The third-order valence-corrected chi connectivity index (χ3v) is 4.84. The molecule has 1 aromatic carbocycles. The molecule has 2 aromatic rings. The van der Waals surface area contributed by atoms with E-state index in [-0.39, 0.29) is 5.91 Å². The molecule has 1 aromatic heterocycles. The fourth-order valence-corrected chi connectivity index (χ4v) is 3.14. The van der Waals surface area contributed by atoms with Crippen molar-refractivity contribution in [2.24, 2.45) is 5.92 Å². The smallest absolute Gasteiger partial charge is 0.269 e. The third-order valence-electron chi connectivity index (χ3n) is 4.31. The molecule has 3 rings (SSSR count). The summed E-state index contributed by atoms with van der Waals surface area (Å²) in [5, 5.41) is 10.2. The minimum Gasteiger partial charge on any atom is -0.348 e. The second-order valence-corrected chi connectivity index (χ2v) is 7.02. The summed E-state index contributed by atoms with van der Waals surface area (Å²) in [5.41, 5.74) is 2.30. The average molecular weight is 362 g/mol. The van der Waals surface area contributed by atoms with Gasteiger partial charge in [0.15, 0.2) is 0 Å². The van der Waals surface area contributed by atoms with Crippen molar-refractivity contribution in [2.75, 3.05) is 0 Å². The van der Waals surface area contributed by atoms with Crippen LogP contribution < -0.4 is 5.32 Å². The summed E-state index contributed by atoms with van der Waals surface area (Å²) in [5.74, 6) is 0.722. The maximum absolute atomic E-state index is 12.3. The van der Waals surface area contributed by atoms with E-state index in [0.717, 1.165) is 34.5 Å². The number of benzene rings is 1. The number of aromatic nitrogens is 2. The first-order chi connectivity index (χ1) is 10.6. The number of hydrogen-bond donors (Lipinski definition) is 2. The summed E-state index contributed by atoms with van der Waals surface area (Å²) in [6.45, 7) is 2.28. The van der Waals surface area contributed by atoms with Gasteiger partial charge in [0.05, 0.1) is 5.69 Å². The molecular weight excluding hydrogens is 342 g/mol. The van der Waals surface area contributed by atoms with Gasteiger partial charge in [-0.1, -0.05) is 35.0 Å². The molecule has 1 aliphatic rings. The fraction of sp³-hybridized carbons (Fsp3) is 0.412. The molecule has 0 bridgehead atoms. The number of rotatable bonds is 3. The van der Waals surface area contributed by atoms with Crippen LogP contribution in [-0.4, -0.2) is 22.1 Å². The Morgan fingerprint density at radius 3 is 2.59 bits per heavy atom. The Kier molecular flexibility index (Phi) is 4.62. The van der Waals surface area contributed by atoms with Crippen LogP contribution in [0, 0.1) is 5.92 Å². The van der Waals surface area contributed by atoms with Gasteiger partial charge in [-0.25, -0.2) is 0 Å². The second kappa shape index (κ2) is 6.65. The van der Waals surface area contributed by atoms with Crippen LogP contribution in [0.2, 0.25) is 0 Å². The lowest BCUT2D eigenvalue weighted by Crippen LogP contribution is -2.37. The third kappa shape index (κ3) is 3.58. The van der Waals surface area contributed by atoms with Gasteiger partial charge in [-0.15, -0.1) is 0 Å². The topological polar surface area (TPSA) is 57.8 Å². The lowest BCUT2D eigenvalue weighted by atomic mass is 9.87. The van der Waals surface area contributed by atoms with Crippen molar-refractivity contribution < 1.29 is 4.79 Å². The SMILES string of the molecule is CC1CCC(NC(=O)c2cc(-c3ccc(Br)cc3)n[nH]2)CC1. The van der Waals surface area contributed by atoms with Crippen LogP contribution in [0.5, 0.6) is 0 Å². The van der Waals surface area contributed by atoms with Gasteiger partial charge in [0.1, 0.15) is 5.69 Å². The lowest BCUT2D eigenvalue weighted by Gasteiger charge is -2.26. The monoisotopic (exact) mass is 361 g/mol. The molecule has 0 radical (unpaired) electrons. The molecule has 0 saturated heterocycles. The number of nitrogens with zero attached hydrogens (tertiary/aromatic N) is 1. The first-order valence-corrected chi connectivity index (χ1v) is 8.53. The average Bonchev–Trinajstić information content (AvgIpc) is 3.00. The molecular formula is C17H20BrN3O. The number of halogens is 1. The second-order valence-electron chi connectivity index (χ2n) is 6.10. The summed E-state index contributed by atoms with van der Waals surface area (Å²) >= 11 is 3.41. The minimum absolute atomic E-state index is 0.0598. The molecule has 1 amide bonds. The normalized spacial score (nSPS) is 21.5. The van der Waals surface area contributed by atoms with Crippen molar-refractivity contribution >= 4 is 21.8 Å².